The van der Waals surface area contributed by atoms with Gasteiger partial charge in [-0.1, -0.05) is 17.7 Å². The molecule has 32 heavy (non-hydrogen) atoms. The summed E-state index contributed by atoms with van der Waals surface area (Å²) in [5, 5.41) is 14.6. The molecule has 2 aromatic carbocycles. The van der Waals surface area contributed by atoms with E-state index in [0.29, 0.717) is 44.2 Å². The molecular weight excluding hydrogens is 423 g/mol. The highest BCUT2D eigenvalue weighted by atomic mass is 19.4. The second-order valence-corrected chi connectivity index (χ2v) is 7.61. The lowest BCUT2D eigenvalue weighted by atomic mass is 10.2. The molecule has 1 aromatic heterocycles. The maximum atomic E-state index is 12.7. The molecule has 1 aliphatic heterocycles. The van der Waals surface area contributed by atoms with Gasteiger partial charge in [0.15, 0.2) is 5.82 Å². The van der Waals surface area contributed by atoms with Crippen LogP contribution in [-0.2, 0) is 12.7 Å². The fraction of sp³-hybridized carbons (Fsp3) is 0.333. The number of aromatic nitrogens is 4. The van der Waals surface area contributed by atoms with Crippen LogP contribution in [0.4, 0.5) is 23.7 Å². The van der Waals surface area contributed by atoms with Crippen molar-refractivity contribution in [1.29, 1.82) is 0 Å². The smallest absolute Gasteiger partial charge is 0.322 e. The number of rotatable bonds is 4. The van der Waals surface area contributed by atoms with Crippen molar-refractivity contribution in [2.45, 2.75) is 19.6 Å². The van der Waals surface area contributed by atoms with Crippen molar-refractivity contribution < 1.29 is 18.0 Å². The summed E-state index contributed by atoms with van der Waals surface area (Å²) in [6, 6.07) is 12.0. The van der Waals surface area contributed by atoms with E-state index in [2.05, 4.69) is 25.7 Å². The third-order valence-corrected chi connectivity index (χ3v) is 5.30. The zero-order chi connectivity index (χ0) is 22.7. The number of carbonyl (C=O) groups is 1. The van der Waals surface area contributed by atoms with Gasteiger partial charge in [0.1, 0.15) is 0 Å². The number of tetrazole rings is 1. The van der Waals surface area contributed by atoms with Crippen LogP contribution in [0.1, 0.15) is 17.0 Å². The Kier molecular flexibility index (Phi) is 6.08. The minimum Gasteiger partial charge on any atom is -0.322 e. The van der Waals surface area contributed by atoms with Crippen LogP contribution in [0.2, 0.25) is 0 Å². The first-order chi connectivity index (χ1) is 15.3. The summed E-state index contributed by atoms with van der Waals surface area (Å²) in [5.74, 6) is 0.705. The molecule has 1 saturated heterocycles. The van der Waals surface area contributed by atoms with E-state index in [0.717, 1.165) is 23.4 Å². The van der Waals surface area contributed by atoms with E-state index in [4.69, 9.17) is 0 Å². The lowest BCUT2D eigenvalue weighted by Gasteiger charge is -2.34. The molecule has 168 valence electrons. The number of hydrogen-bond acceptors (Lipinski definition) is 5. The zero-order valence-electron chi connectivity index (χ0n) is 17.4. The van der Waals surface area contributed by atoms with Crippen LogP contribution in [0.25, 0.3) is 5.69 Å². The van der Waals surface area contributed by atoms with Crippen molar-refractivity contribution >= 4 is 11.7 Å². The van der Waals surface area contributed by atoms with Gasteiger partial charge in [0.25, 0.3) is 0 Å². The van der Waals surface area contributed by atoms with Gasteiger partial charge in [0, 0.05) is 31.9 Å². The van der Waals surface area contributed by atoms with Crippen LogP contribution < -0.4 is 5.32 Å². The number of nitrogens with one attached hydrogen (secondary N) is 1. The van der Waals surface area contributed by atoms with Crippen LogP contribution in [-0.4, -0.2) is 62.2 Å². The highest BCUT2D eigenvalue weighted by Crippen LogP contribution is 2.29. The van der Waals surface area contributed by atoms with Gasteiger partial charge in [-0.05, 0) is 53.7 Å². The SMILES string of the molecule is Cc1ccc(-n2nnnc2CN2CCN(C(=O)Nc3ccc(C(F)(F)F)cc3)CC2)cc1. The maximum absolute atomic E-state index is 12.7. The predicted molar refractivity (Wildman–Crippen MR) is 111 cm³/mol. The molecule has 3 aromatic rings. The molecule has 1 N–H and O–H groups in total. The first-order valence-corrected chi connectivity index (χ1v) is 10.1. The fourth-order valence-corrected chi connectivity index (χ4v) is 3.44. The highest BCUT2D eigenvalue weighted by Gasteiger charge is 2.30. The van der Waals surface area contributed by atoms with E-state index >= 15 is 0 Å². The van der Waals surface area contributed by atoms with Gasteiger partial charge in [-0.15, -0.1) is 5.10 Å². The molecule has 0 saturated carbocycles. The molecule has 0 unspecified atom stereocenters. The molecular formula is C21H22F3N7O. The van der Waals surface area contributed by atoms with Crippen LogP contribution in [0.3, 0.4) is 0 Å². The molecule has 1 fully saturated rings. The average molecular weight is 445 g/mol. The number of halogens is 3. The van der Waals surface area contributed by atoms with Crippen LogP contribution in [0, 0.1) is 6.92 Å². The summed E-state index contributed by atoms with van der Waals surface area (Å²) in [7, 11) is 0. The standard InChI is InChI=1S/C21H22F3N7O/c1-15-2-8-18(9-3-15)31-19(26-27-28-31)14-29-10-12-30(13-11-29)20(32)25-17-6-4-16(5-7-17)21(22,23)24/h2-9H,10-14H2,1H3,(H,25,32). The molecule has 11 heteroatoms. The average Bonchev–Trinajstić information content (AvgIpc) is 3.22. The molecule has 0 bridgehead atoms. The first kappa shape index (κ1) is 21.8. The lowest BCUT2D eigenvalue weighted by molar-refractivity contribution is -0.137. The van der Waals surface area contributed by atoms with E-state index in [9.17, 15) is 18.0 Å². The Hall–Kier alpha value is -3.47. The second kappa shape index (κ2) is 8.95. The minimum atomic E-state index is -4.40. The highest BCUT2D eigenvalue weighted by molar-refractivity contribution is 5.89. The van der Waals surface area contributed by atoms with E-state index in [-0.39, 0.29) is 6.03 Å². The molecule has 1 aliphatic rings. The molecule has 4 rings (SSSR count). The van der Waals surface area contributed by atoms with Crippen LogP contribution in [0.5, 0.6) is 0 Å². The number of benzene rings is 2. The van der Waals surface area contributed by atoms with Gasteiger partial charge in [-0.25, -0.2) is 4.79 Å². The largest absolute Gasteiger partial charge is 0.416 e. The van der Waals surface area contributed by atoms with E-state index in [1.165, 1.54) is 12.1 Å². The number of alkyl halides is 3. The second-order valence-electron chi connectivity index (χ2n) is 7.61. The molecule has 0 spiro atoms. The Bertz CT molecular complexity index is 1060. The van der Waals surface area contributed by atoms with Gasteiger partial charge in [0.2, 0.25) is 0 Å². The van der Waals surface area contributed by atoms with E-state index in [1.807, 2.05) is 31.2 Å². The summed E-state index contributed by atoms with van der Waals surface area (Å²) in [6.45, 7) is 4.77. The van der Waals surface area contributed by atoms with Gasteiger partial charge >= 0.3 is 12.2 Å². The fourth-order valence-electron chi connectivity index (χ4n) is 3.44. The van der Waals surface area contributed by atoms with Crippen molar-refractivity contribution in [3.05, 3.63) is 65.5 Å². The zero-order valence-corrected chi connectivity index (χ0v) is 17.4. The van der Waals surface area contributed by atoms with Gasteiger partial charge < -0.3 is 10.2 Å². The number of anilines is 1. The molecule has 0 aliphatic carbocycles. The number of nitrogens with zero attached hydrogens (tertiary/aromatic N) is 6. The maximum Gasteiger partial charge on any atom is 0.416 e. The van der Waals surface area contributed by atoms with Crippen molar-refractivity contribution in [2.75, 3.05) is 31.5 Å². The van der Waals surface area contributed by atoms with Crippen molar-refractivity contribution in [1.82, 2.24) is 30.0 Å². The summed E-state index contributed by atoms with van der Waals surface area (Å²) in [6.07, 6.45) is -4.40. The number of piperazine rings is 1. The number of carbonyl (C=O) groups excluding carboxylic acids is 1. The van der Waals surface area contributed by atoms with Gasteiger partial charge in [-0.3, -0.25) is 4.90 Å². The van der Waals surface area contributed by atoms with Crippen molar-refractivity contribution in [3.63, 3.8) is 0 Å². The monoisotopic (exact) mass is 445 g/mol. The third kappa shape index (κ3) is 5.05. The normalized spacial score (nSPS) is 15.1. The third-order valence-electron chi connectivity index (χ3n) is 5.30. The molecule has 2 amide bonds. The Balaban J connectivity index is 1.31. The summed E-state index contributed by atoms with van der Waals surface area (Å²) in [4.78, 5) is 16.3. The molecule has 0 radical (unpaired) electrons. The number of urea groups is 1. The van der Waals surface area contributed by atoms with Gasteiger partial charge in [-0.2, -0.15) is 17.9 Å². The van der Waals surface area contributed by atoms with Crippen molar-refractivity contribution in [2.24, 2.45) is 0 Å². The molecule has 8 nitrogen and oxygen atoms in total. The van der Waals surface area contributed by atoms with E-state index in [1.54, 1.807) is 9.58 Å². The lowest BCUT2D eigenvalue weighted by Crippen LogP contribution is -2.49. The first-order valence-electron chi connectivity index (χ1n) is 10.1. The predicted octanol–water partition coefficient (Wildman–Crippen LogP) is 3.34. The van der Waals surface area contributed by atoms with Crippen LogP contribution >= 0.6 is 0 Å². The summed E-state index contributed by atoms with van der Waals surface area (Å²) >= 11 is 0. The number of hydrogen-bond donors (Lipinski definition) is 1. The number of aryl methyl sites for hydroxylation is 1. The quantitative estimate of drug-likeness (QED) is 0.667. The summed E-state index contributed by atoms with van der Waals surface area (Å²) in [5.41, 5.74) is 1.60. The Labute approximate surface area is 182 Å². The number of amides is 2. The molecule has 0 atom stereocenters. The van der Waals surface area contributed by atoms with Crippen LogP contribution in [0.15, 0.2) is 48.5 Å². The molecule has 2 heterocycles. The van der Waals surface area contributed by atoms with E-state index < -0.39 is 11.7 Å². The minimum absolute atomic E-state index is 0.322. The van der Waals surface area contributed by atoms with Crippen molar-refractivity contribution in [3.8, 4) is 5.69 Å². The van der Waals surface area contributed by atoms with Gasteiger partial charge in [0.05, 0.1) is 17.8 Å². The Morgan fingerprint density at radius 1 is 1.00 bits per heavy atom. The topological polar surface area (TPSA) is 79.2 Å². The summed E-state index contributed by atoms with van der Waals surface area (Å²) < 4.78 is 39.7. The Morgan fingerprint density at radius 3 is 2.28 bits per heavy atom. The Morgan fingerprint density at radius 2 is 1.66 bits per heavy atom.